The Morgan fingerprint density at radius 1 is 0.971 bits per heavy atom. The molecule has 1 atom stereocenters. The summed E-state index contributed by atoms with van der Waals surface area (Å²) in [7, 11) is 0. The highest BCUT2D eigenvalue weighted by molar-refractivity contribution is 5.87. The van der Waals surface area contributed by atoms with Gasteiger partial charge in [0, 0.05) is 17.9 Å². The fourth-order valence-electron chi connectivity index (χ4n) is 4.35. The summed E-state index contributed by atoms with van der Waals surface area (Å²) < 4.78 is 5.54. The molecule has 3 N–H and O–H groups in total. The maximum absolute atomic E-state index is 12.7. The number of ether oxygens (including phenoxy) is 1. The van der Waals surface area contributed by atoms with Gasteiger partial charge in [-0.3, -0.25) is 4.79 Å². The molecule has 1 unspecified atom stereocenters. The van der Waals surface area contributed by atoms with Gasteiger partial charge in [-0.05, 0) is 47.4 Å². The number of hydrogen-bond acceptors (Lipinski definition) is 4. The molecule has 1 aliphatic rings. The van der Waals surface area contributed by atoms with Crippen molar-refractivity contribution in [3.8, 4) is 11.1 Å². The maximum atomic E-state index is 12.7. The van der Waals surface area contributed by atoms with Gasteiger partial charge in [-0.2, -0.15) is 0 Å². The normalized spacial score (nSPS) is 13.6. The number of amides is 2. The molecule has 2 aromatic carbocycles. The van der Waals surface area contributed by atoms with Crippen LogP contribution in [0.5, 0.6) is 0 Å². The molecule has 7 nitrogen and oxygen atoms in total. The second-order valence-electron chi connectivity index (χ2n) is 10.2. The van der Waals surface area contributed by atoms with Gasteiger partial charge in [0.1, 0.15) is 12.6 Å². The number of fused-ring (bicyclic) bond motifs is 3. The number of carbonyl (C=O) groups excluding carboxylic acids is 2. The van der Waals surface area contributed by atoms with Crippen LogP contribution in [0.3, 0.4) is 0 Å². The van der Waals surface area contributed by atoms with Crippen molar-refractivity contribution in [1.82, 2.24) is 10.6 Å². The van der Waals surface area contributed by atoms with Crippen LogP contribution in [-0.4, -0.2) is 42.3 Å². The van der Waals surface area contributed by atoms with E-state index < -0.39 is 23.5 Å². The van der Waals surface area contributed by atoms with E-state index in [-0.39, 0.29) is 25.0 Å². The average Bonchev–Trinajstić information content (AvgIpc) is 3.13. The minimum atomic E-state index is -1.04. The van der Waals surface area contributed by atoms with Gasteiger partial charge in [0.05, 0.1) is 0 Å². The van der Waals surface area contributed by atoms with Crippen molar-refractivity contribution in [2.45, 2.75) is 58.9 Å². The molecule has 2 aromatic rings. The molecule has 0 spiro atoms. The molecular formula is C28H36N2O5. The quantitative estimate of drug-likeness (QED) is 0.422. The van der Waals surface area contributed by atoms with E-state index in [2.05, 4.69) is 34.9 Å². The molecule has 0 fully saturated rings. The van der Waals surface area contributed by atoms with Gasteiger partial charge in [-0.25, -0.2) is 9.59 Å². The lowest BCUT2D eigenvalue weighted by molar-refractivity contribution is -0.143. The van der Waals surface area contributed by atoms with E-state index in [0.29, 0.717) is 25.2 Å². The lowest BCUT2D eigenvalue weighted by Crippen LogP contribution is -2.47. The predicted molar refractivity (Wildman–Crippen MR) is 135 cm³/mol. The smallest absolute Gasteiger partial charge is 0.407 e. The zero-order chi connectivity index (χ0) is 25.6. The van der Waals surface area contributed by atoms with Gasteiger partial charge >= 0.3 is 12.1 Å². The predicted octanol–water partition coefficient (Wildman–Crippen LogP) is 4.95. The molecule has 0 aliphatic heterocycles. The molecule has 2 amide bonds. The SMILES string of the molecule is CC(C)CCC(NC(=O)C(C)(C)CCNC(=O)OCC1c2ccccc2-c2ccccc21)C(=O)O. The molecule has 35 heavy (non-hydrogen) atoms. The van der Waals surface area contributed by atoms with Crippen LogP contribution < -0.4 is 10.6 Å². The molecule has 0 bridgehead atoms. The first-order valence-electron chi connectivity index (χ1n) is 12.2. The van der Waals surface area contributed by atoms with Gasteiger partial charge in [0.2, 0.25) is 5.91 Å². The van der Waals surface area contributed by atoms with Gasteiger partial charge in [-0.1, -0.05) is 76.2 Å². The number of hydrogen-bond donors (Lipinski definition) is 3. The summed E-state index contributed by atoms with van der Waals surface area (Å²) in [5, 5.41) is 14.8. The molecule has 3 rings (SSSR count). The summed E-state index contributed by atoms with van der Waals surface area (Å²) in [6.07, 6.45) is 0.899. The zero-order valence-electron chi connectivity index (χ0n) is 21.0. The minimum Gasteiger partial charge on any atom is -0.480 e. The summed E-state index contributed by atoms with van der Waals surface area (Å²) in [6, 6.07) is 15.4. The number of nitrogens with one attached hydrogen (secondary N) is 2. The third-order valence-electron chi connectivity index (χ3n) is 6.61. The van der Waals surface area contributed by atoms with E-state index >= 15 is 0 Å². The van der Waals surface area contributed by atoms with Gasteiger partial charge in [0.15, 0.2) is 0 Å². The molecular weight excluding hydrogens is 444 g/mol. The summed E-state index contributed by atoms with van der Waals surface area (Å²) in [5.41, 5.74) is 3.77. The Labute approximate surface area is 207 Å². The number of aliphatic carboxylic acids is 1. The highest BCUT2D eigenvalue weighted by Gasteiger charge is 2.32. The third kappa shape index (κ3) is 6.62. The van der Waals surface area contributed by atoms with Crippen LogP contribution in [0, 0.1) is 11.3 Å². The van der Waals surface area contributed by atoms with Crippen LogP contribution in [0.4, 0.5) is 4.79 Å². The van der Waals surface area contributed by atoms with E-state index in [0.717, 1.165) is 22.3 Å². The second-order valence-corrected chi connectivity index (χ2v) is 10.2. The first-order chi connectivity index (χ1) is 16.6. The standard InChI is InChI=1S/C28H36N2O5/c1-18(2)13-14-24(25(31)32)30-26(33)28(3,4)15-16-29-27(34)35-17-23-21-11-7-5-9-19(21)20-10-6-8-12-22(20)23/h5-12,18,23-24H,13-17H2,1-4H3,(H,29,34)(H,30,33)(H,31,32). The summed E-state index contributed by atoms with van der Waals surface area (Å²) >= 11 is 0. The van der Waals surface area contributed by atoms with Crippen LogP contribution in [0.1, 0.15) is 64.0 Å². The Morgan fingerprint density at radius 2 is 1.54 bits per heavy atom. The second kappa shape index (κ2) is 11.4. The van der Waals surface area contributed by atoms with Gasteiger partial charge < -0.3 is 20.5 Å². The number of carboxylic acid groups (broad SMARTS) is 1. The number of alkyl carbamates (subject to hydrolysis) is 1. The zero-order valence-corrected chi connectivity index (χ0v) is 21.0. The van der Waals surface area contributed by atoms with Crippen molar-refractivity contribution in [2.24, 2.45) is 11.3 Å². The van der Waals surface area contributed by atoms with Crippen molar-refractivity contribution in [1.29, 1.82) is 0 Å². The molecule has 1 aliphatic carbocycles. The lowest BCUT2D eigenvalue weighted by Gasteiger charge is -2.26. The van der Waals surface area contributed by atoms with Crippen molar-refractivity contribution >= 4 is 18.0 Å². The van der Waals surface area contributed by atoms with Crippen molar-refractivity contribution in [3.05, 3.63) is 59.7 Å². The topological polar surface area (TPSA) is 105 Å². The Bertz CT molecular complexity index is 1020. The highest BCUT2D eigenvalue weighted by Crippen LogP contribution is 2.44. The summed E-state index contributed by atoms with van der Waals surface area (Å²) in [5.74, 6) is -1.05. The van der Waals surface area contributed by atoms with E-state index in [1.807, 2.05) is 38.1 Å². The van der Waals surface area contributed by atoms with Crippen LogP contribution in [0.2, 0.25) is 0 Å². The molecule has 0 radical (unpaired) electrons. The molecule has 188 valence electrons. The number of rotatable bonds is 11. The molecule has 0 aromatic heterocycles. The van der Waals surface area contributed by atoms with Crippen LogP contribution in [0.15, 0.2) is 48.5 Å². The van der Waals surface area contributed by atoms with E-state index in [1.54, 1.807) is 13.8 Å². The van der Waals surface area contributed by atoms with E-state index in [1.165, 1.54) is 0 Å². The van der Waals surface area contributed by atoms with E-state index in [9.17, 15) is 19.5 Å². The number of carboxylic acids is 1. The molecule has 0 saturated carbocycles. The Balaban J connectivity index is 1.48. The van der Waals surface area contributed by atoms with E-state index in [4.69, 9.17) is 4.74 Å². The fourth-order valence-corrected chi connectivity index (χ4v) is 4.35. The largest absolute Gasteiger partial charge is 0.480 e. The molecule has 0 heterocycles. The first-order valence-corrected chi connectivity index (χ1v) is 12.2. The monoisotopic (exact) mass is 480 g/mol. The highest BCUT2D eigenvalue weighted by atomic mass is 16.5. The molecule has 0 saturated heterocycles. The van der Waals surface area contributed by atoms with Gasteiger partial charge in [0.25, 0.3) is 0 Å². The number of carbonyl (C=O) groups is 3. The number of benzene rings is 2. The minimum absolute atomic E-state index is 0.0193. The third-order valence-corrected chi connectivity index (χ3v) is 6.61. The van der Waals surface area contributed by atoms with Crippen molar-refractivity contribution < 1.29 is 24.2 Å². The molecule has 7 heteroatoms. The van der Waals surface area contributed by atoms with Gasteiger partial charge in [-0.15, -0.1) is 0 Å². The van der Waals surface area contributed by atoms with Crippen molar-refractivity contribution in [3.63, 3.8) is 0 Å². The van der Waals surface area contributed by atoms with Crippen LogP contribution in [0.25, 0.3) is 11.1 Å². The fraction of sp³-hybridized carbons (Fsp3) is 0.464. The maximum Gasteiger partial charge on any atom is 0.407 e. The first kappa shape index (κ1) is 26.3. The lowest BCUT2D eigenvalue weighted by atomic mass is 9.87. The Morgan fingerprint density at radius 3 is 2.09 bits per heavy atom. The summed E-state index contributed by atoms with van der Waals surface area (Å²) in [4.78, 5) is 36.6. The Kier molecular flexibility index (Phi) is 8.54. The van der Waals surface area contributed by atoms with Crippen molar-refractivity contribution in [2.75, 3.05) is 13.2 Å². The average molecular weight is 481 g/mol. The van der Waals surface area contributed by atoms with Crippen LogP contribution in [-0.2, 0) is 14.3 Å². The van der Waals surface area contributed by atoms with Crippen LogP contribution >= 0.6 is 0 Å². The Hall–Kier alpha value is -3.35. The summed E-state index contributed by atoms with van der Waals surface area (Å²) in [6.45, 7) is 7.96.